The van der Waals surface area contributed by atoms with Gasteiger partial charge in [-0.15, -0.1) is 0 Å². The number of para-hydroxylation sites is 1. The molecule has 5 heteroatoms. The number of nitrogens with zero attached hydrogens (tertiary/aromatic N) is 2. The molecule has 0 saturated carbocycles. The van der Waals surface area contributed by atoms with Crippen LogP contribution in [0.3, 0.4) is 0 Å². The Balaban J connectivity index is 1.51. The van der Waals surface area contributed by atoms with Crippen molar-refractivity contribution in [2.75, 3.05) is 31.1 Å². The number of carbonyl (C=O) groups is 1. The summed E-state index contributed by atoms with van der Waals surface area (Å²) in [6, 6.07) is 13.5. The van der Waals surface area contributed by atoms with E-state index in [1.54, 1.807) is 4.90 Å². The number of hydrogen-bond acceptors (Lipinski definition) is 2. The average molecular weight is 330 g/mol. The smallest absolute Gasteiger partial charge is 0.223 e. The summed E-state index contributed by atoms with van der Waals surface area (Å²) in [7, 11) is 0. The number of hydrogen-bond donors (Lipinski definition) is 0. The Kier molecular flexibility index (Phi) is 5.08. The molecular formula is C19H20F2N2O. The third-order valence-corrected chi connectivity index (χ3v) is 4.37. The molecule has 0 N–H and O–H groups in total. The van der Waals surface area contributed by atoms with E-state index in [-0.39, 0.29) is 24.3 Å². The van der Waals surface area contributed by atoms with Gasteiger partial charge in [-0.1, -0.05) is 18.2 Å². The van der Waals surface area contributed by atoms with Crippen LogP contribution in [-0.2, 0) is 11.2 Å². The molecule has 2 aromatic rings. The van der Waals surface area contributed by atoms with Gasteiger partial charge in [-0.25, -0.2) is 8.78 Å². The summed E-state index contributed by atoms with van der Waals surface area (Å²) in [6.07, 6.45) is 0.424. The zero-order valence-corrected chi connectivity index (χ0v) is 13.4. The summed E-state index contributed by atoms with van der Waals surface area (Å²) >= 11 is 0. The van der Waals surface area contributed by atoms with E-state index in [2.05, 4.69) is 17.0 Å². The molecule has 1 saturated heterocycles. The van der Waals surface area contributed by atoms with Gasteiger partial charge < -0.3 is 9.80 Å². The van der Waals surface area contributed by atoms with Crippen molar-refractivity contribution in [1.82, 2.24) is 4.90 Å². The zero-order chi connectivity index (χ0) is 16.9. The fraction of sp³-hybridized carbons (Fsp3) is 0.316. The van der Waals surface area contributed by atoms with E-state index in [1.165, 1.54) is 0 Å². The maximum absolute atomic E-state index is 13.6. The van der Waals surface area contributed by atoms with Gasteiger partial charge >= 0.3 is 0 Å². The lowest BCUT2D eigenvalue weighted by Gasteiger charge is -2.36. The summed E-state index contributed by atoms with van der Waals surface area (Å²) in [4.78, 5) is 16.4. The molecular weight excluding hydrogens is 310 g/mol. The van der Waals surface area contributed by atoms with Crippen LogP contribution in [0.25, 0.3) is 0 Å². The number of halogens is 2. The maximum Gasteiger partial charge on any atom is 0.223 e. The Morgan fingerprint density at radius 2 is 1.67 bits per heavy atom. The van der Waals surface area contributed by atoms with Crippen LogP contribution < -0.4 is 4.90 Å². The van der Waals surface area contributed by atoms with Crippen LogP contribution in [0.1, 0.15) is 12.0 Å². The molecule has 0 radical (unpaired) electrons. The van der Waals surface area contributed by atoms with Crippen molar-refractivity contribution in [2.24, 2.45) is 0 Å². The first-order valence-corrected chi connectivity index (χ1v) is 8.15. The quantitative estimate of drug-likeness (QED) is 0.859. The molecule has 0 bridgehead atoms. The first-order valence-electron chi connectivity index (χ1n) is 8.15. The van der Waals surface area contributed by atoms with Crippen molar-refractivity contribution >= 4 is 11.6 Å². The van der Waals surface area contributed by atoms with Crippen molar-refractivity contribution < 1.29 is 13.6 Å². The standard InChI is InChI=1S/C19H20F2N2O/c20-16-7-8-18(21)15(14-16)6-9-19(24)23-12-10-22(11-13-23)17-4-2-1-3-5-17/h1-5,7-8,14H,6,9-13H2. The monoisotopic (exact) mass is 330 g/mol. The summed E-state index contributed by atoms with van der Waals surface area (Å²) in [5.41, 5.74) is 1.41. The average Bonchev–Trinajstić information content (AvgIpc) is 2.63. The normalized spacial score (nSPS) is 14.8. The van der Waals surface area contributed by atoms with E-state index < -0.39 is 11.6 Å². The molecule has 1 aliphatic heterocycles. The van der Waals surface area contributed by atoms with Gasteiger partial charge in [-0.05, 0) is 42.3 Å². The Hall–Kier alpha value is -2.43. The van der Waals surface area contributed by atoms with Crippen LogP contribution in [0.4, 0.5) is 14.5 Å². The van der Waals surface area contributed by atoms with E-state index in [0.717, 1.165) is 37.0 Å². The fourth-order valence-electron chi connectivity index (χ4n) is 2.99. The predicted octanol–water partition coefficient (Wildman–Crippen LogP) is 3.25. The Bertz CT molecular complexity index is 698. The largest absolute Gasteiger partial charge is 0.368 e. The SMILES string of the molecule is O=C(CCc1cc(F)ccc1F)N1CCN(c2ccccc2)CC1. The highest BCUT2D eigenvalue weighted by atomic mass is 19.1. The van der Waals surface area contributed by atoms with Crippen LogP contribution in [0, 0.1) is 11.6 Å². The van der Waals surface area contributed by atoms with Crippen molar-refractivity contribution in [3.8, 4) is 0 Å². The van der Waals surface area contributed by atoms with Crippen molar-refractivity contribution in [3.05, 3.63) is 65.7 Å². The third kappa shape index (κ3) is 3.91. The number of carbonyl (C=O) groups excluding carboxylic acids is 1. The third-order valence-electron chi connectivity index (χ3n) is 4.37. The minimum Gasteiger partial charge on any atom is -0.368 e. The molecule has 0 aliphatic carbocycles. The molecule has 2 aromatic carbocycles. The molecule has 1 aliphatic rings. The number of rotatable bonds is 4. The van der Waals surface area contributed by atoms with Crippen molar-refractivity contribution in [3.63, 3.8) is 0 Å². The van der Waals surface area contributed by atoms with Gasteiger partial charge in [0, 0.05) is 38.3 Å². The van der Waals surface area contributed by atoms with Crippen LogP contribution in [0.2, 0.25) is 0 Å². The molecule has 0 atom stereocenters. The van der Waals surface area contributed by atoms with Gasteiger partial charge in [0.15, 0.2) is 0 Å². The zero-order valence-electron chi connectivity index (χ0n) is 13.4. The molecule has 126 valence electrons. The van der Waals surface area contributed by atoms with Crippen LogP contribution in [-0.4, -0.2) is 37.0 Å². The number of benzene rings is 2. The topological polar surface area (TPSA) is 23.6 Å². The van der Waals surface area contributed by atoms with Gasteiger partial charge in [-0.2, -0.15) is 0 Å². The summed E-state index contributed by atoms with van der Waals surface area (Å²) in [6.45, 7) is 2.87. The molecule has 0 aromatic heterocycles. The maximum atomic E-state index is 13.6. The minimum absolute atomic E-state index is 0.00799. The second-order valence-corrected chi connectivity index (χ2v) is 5.94. The van der Waals surface area contributed by atoms with E-state index in [4.69, 9.17) is 0 Å². The van der Waals surface area contributed by atoms with Crippen LogP contribution in [0.5, 0.6) is 0 Å². The lowest BCUT2D eigenvalue weighted by Crippen LogP contribution is -2.48. The molecule has 3 rings (SSSR count). The molecule has 3 nitrogen and oxygen atoms in total. The first kappa shape index (κ1) is 16.4. The lowest BCUT2D eigenvalue weighted by atomic mass is 10.1. The summed E-state index contributed by atoms with van der Waals surface area (Å²) < 4.78 is 26.8. The second-order valence-electron chi connectivity index (χ2n) is 5.94. The molecule has 24 heavy (non-hydrogen) atoms. The van der Waals surface area contributed by atoms with Crippen molar-refractivity contribution in [2.45, 2.75) is 12.8 Å². The number of piperazine rings is 1. The lowest BCUT2D eigenvalue weighted by molar-refractivity contribution is -0.131. The molecule has 1 amide bonds. The Morgan fingerprint density at radius 3 is 2.38 bits per heavy atom. The molecule has 0 unspecified atom stereocenters. The summed E-state index contributed by atoms with van der Waals surface area (Å²) in [5, 5.41) is 0. The number of amides is 1. The molecule has 1 fully saturated rings. The number of anilines is 1. The van der Waals surface area contributed by atoms with E-state index >= 15 is 0 Å². The van der Waals surface area contributed by atoms with Gasteiger partial charge in [-0.3, -0.25) is 4.79 Å². The summed E-state index contributed by atoms with van der Waals surface area (Å²) in [5.74, 6) is -0.945. The van der Waals surface area contributed by atoms with E-state index in [0.29, 0.717) is 13.1 Å². The highest BCUT2D eigenvalue weighted by molar-refractivity contribution is 5.76. The van der Waals surface area contributed by atoms with Gasteiger partial charge in [0.2, 0.25) is 5.91 Å². The van der Waals surface area contributed by atoms with Gasteiger partial charge in [0.25, 0.3) is 0 Å². The van der Waals surface area contributed by atoms with Crippen molar-refractivity contribution in [1.29, 1.82) is 0 Å². The first-order chi connectivity index (χ1) is 11.6. The Labute approximate surface area is 140 Å². The van der Waals surface area contributed by atoms with Crippen LogP contribution in [0.15, 0.2) is 48.5 Å². The minimum atomic E-state index is -0.477. The van der Waals surface area contributed by atoms with Gasteiger partial charge in [0.05, 0.1) is 0 Å². The van der Waals surface area contributed by atoms with E-state index in [1.807, 2.05) is 18.2 Å². The highest BCUT2D eigenvalue weighted by Crippen LogP contribution is 2.17. The molecule has 0 spiro atoms. The van der Waals surface area contributed by atoms with Crippen LogP contribution >= 0.6 is 0 Å². The fourth-order valence-corrected chi connectivity index (χ4v) is 2.99. The predicted molar refractivity (Wildman–Crippen MR) is 89.9 cm³/mol. The second kappa shape index (κ2) is 7.43. The van der Waals surface area contributed by atoms with E-state index in [9.17, 15) is 13.6 Å². The highest BCUT2D eigenvalue weighted by Gasteiger charge is 2.21. The molecule has 1 heterocycles. The van der Waals surface area contributed by atoms with Gasteiger partial charge in [0.1, 0.15) is 11.6 Å². The Morgan fingerprint density at radius 1 is 0.958 bits per heavy atom. The number of aryl methyl sites for hydroxylation is 1.